The molecule has 0 spiro atoms. The van der Waals surface area contributed by atoms with E-state index in [2.05, 4.69) is 49.8 Å². The first kappa shape index (κ1) is 15.0. The van der Waals surface area contributed by atoms with Gasteiger partial charge in [0.2, 0.25) is 0 Å². The average molecular weight is 250 g/mol. The molecule has 0 fully saturated rings. The third-order valence-electron chi connectivity index (χ3n) is 2.53. The Labute approximate surface area is 111 Å². The summed E-state index contributed by atoms with van der Waals surface area (Å²) in [7, 11) is 2.08. The number of nitrogens with one attached hydrogen (secondary N) is 1. The molecule has 1 N–H and O–H groups in total. The first-order chi connectivity index (χ1) is 8.47. The zero-order chi connectivity index (χ0) is 13.5. The van der Waals surface area contributed by atoms with Crippen LogP contribution in [0.4, 0.5) is 0 Å². The van der Waals surface area contributed by atoms with Crippen LogP contribution in [-0.2, 0) is 13.1 Å². The minimum absolute atomic E-state index is 0.668. The van der Waals surface area contributed by atoms with Gasteiger partial charge in [-0.2, -0.15) is 0 Å². The van der Waals surface area contributed by atoms with Crippen LogP contribution in [0.3, 0.4) is 0 Å². The Morgan fingerprint density at radius 1 is 1.39 bits per heavy atom. The van der Waals surface area contributed by atoms with Gasteiger partial charge in [0.05, 0.1) is 13.1 Å². The SMILES string of the molecule is C=C(C)CN(C)Cc1ccc(CNCC(C)C)o1. The van der Waals surface area contributed by atoms with Crippen LogP contribution in [0.2, 0.25) is 0 Å². The van der Waals surface area contributed by atoms with E-state index in [0.717, 1.165) is 37.7 Å². The lowest BCUT2D eigenvalue weighted by Crippen LogP contribution is -2.19. The van der Waals surface area contributed by atoms with Crippen molar-refractivity contribution in [1.82, 2.24) is 10.2 Å². The molecule has 0 amide bonds. The van der Waals surface area contributed by atoms with Crippen molar-refractivity contribution in [2.24, 2.45) is 5.92 Å². The molecule has 0 radical (unpaired) electrons. The van der Waals surface area contributed by atoms with Crippen LogP contribution in [-0.4, -0.2) is 25.0 Å². The van der Waals surface area contributed by atoms with Crippen LogP contribution in [0.5, 0.6) is 0 Å². The maximum Gasteiger partial charge on any atom is 0.118 e. The summed E-state index contributed by atoms with van der Waals surface area (Å²) in [6.45, 7) is 13.9. The molecule has 1 rings (SSSR count). The highest BCUT2D eigenvalue weighted by molar-refractivity contribution is 5.07. The molecule has 0 bridgehead atoms. The fourth-order valence-corrected chi connectivity index (χ4v) is 1.87. The first-order valence-electron chi connectivity index (χ1n) is 6.58. The highest BCUT2D eigenvalue weighted by atomic mass is 16.3. The molecule has 0 saturated carbocycles. The van der Waals surface area contributed by atoms with E-state index in [-0.39, 0.29) is 0 Å². The van der Waals surface area contributed by atoms with Crippen molar-refractivity contribution in [2.75, 3.05) is 20.1 Å². The second-order valence-electron chi connectivity index (χ2n) is 5.52. The first-order valence-corrected chi connectivity index (χ1v) is 6.58. The van der Waals surface area contributed by atoms with Gasteiger partial charge >= 0.3 is 0 Å². The smallest absolute Gasteiger partial charge is 0.118 e. The normalized spacial score (nSPS) is 11.4. The van der Waals surface area contributed by atoms with E-state index >= 15 is 0 Å². The molecular formula is C15H26N2O. The Kier molecular flexibility index (Phi) is 6.16. The third-order valence-corrected chi connectivity index (χ3v) is 2.53. The van der Waals surface area contributed by atoms with Gasteiger partial charge in [0.25, 0.3) is 0 Å². The number of likely N-dealkylation sites (N-methyl/N-ethyl adjacent to an activating group) is 1. The maximum atomic E-state index is 5.78. The van der Waals surface area contributed by atoms with Crippen molar-refractivity contribution >= 4 is 0 Å². The van der Waals surface area contributed by atoms with Crippen LogP contribution in [0.25, 0.3) is 0 Å². The standard InChI is InChI=1S/C15H26N2O/c1-12(2)8-16-9-14-6-7-15(18-14)11-17(5)10-13(3)4/h6-7,12,16H,3,8-11H2,1-2,4-5H3. The van der Waals surface area contributed by atoms with Gasteiger partial charge in [-0.05, 0) is 38.6 Å². The number of rotatable bonds is 8. The maximum absolute atomic E-state index is 5.78. The van der Waals surface area contributed by atoms with E-state index in [1.807, 2.05) is 6.92 Å². The summed E-state index contributed by atoms with van der Waals surface area (Å²) < 4.78 is 5.78. The van der Waals surface area contributed by atoms with E-state index < -0.39 is 0 Å². The van der Waals surface area contributed by atoms with Gasteiger partial charge in [-0.15, -0.1) is 0 Å². The summed E-state index contributed by atoms with van der Waals surface area (Å²) in [5.74, 6) is 2.69. The lowest BCUT2D eigenvalue weighted by atomic mass is 10.2. The number of furan rings is 1. The van der Waals surface area contributed by atoms with Crippen LogP contribution >= 0.6 is 0 Å². The molecule has 1 aromatic rings. The highest BCUT2D eigenvalue weighted by Crippen LogP contribution is 2.10. The number of hydrogen-bond acceptors (Lipinski definition) is 3. The summed E-state index contributed by atoms with van der Waals surface area (Å²) in [4.78, 5) is 2.20. The molecule has 1 aromatic heterocycles. The molecule has 0 aliphatic rings. The van der Waals surface area contributed by atoms with Gasteiger partial charge in [-0.25, -0.2) is 0 Å². The van der Waals surface area contributed by atoms with Crippen LogP contribution < -0.4 is 5.32 Å². The topological polar surface area (TPSA) is 28.4 Å². The molecule has 0 aliphatic carbocycles. The monoisotopic (exact) mass is 250 g/mol. The van der Waals surface area contributed by atoms with Gasteiger partial charge < -0.3 is 9.73 Å². The van der Waals surface area contributed by atoms with Gasteiger partial charge in [0, 0.05) is 6.54 Å². The van der Waals surface area contributed by atoms with E-state index in [1.165, 1.54) is 5.57 Å². The van der Waals surface area contributed by atoms with Crippen LogP contribution in [0.1, 0.15) is 32.3 Å². The molecule has 3 nitrogen and oxygen atoms in total. The summed E-state index contributed by atoms with van der Waals surface area (Å²) >= 11 is 0. The van der Waals surface area contributed by atoms with Crippen molar-refractivity contribution in [2.45, 2.75) is 33.9 Å². The molecule has 0 aliphatic heterocycles. The predicted molar refractivity (Wildman–Crippen MR) is 76.4 cm³/mol. The number of hydrogen-bond donors (Lipinski definition) is 1. The average Bonchev–Trinajstić information content (AvgIpc) is 2.63. The minimum Gasteiger partial charge on any atom is -0.463 e. The van der Waals surface area contributed by atoms with Crippen molar-refractivity contribution in [3.8, 4) is 0 Å². The molecule has 0 atom stereocenters. The van der Waals surface area contributed by atoms with E-state index in [1.54, 1.807) is 0 Å². The quantitative estimate of drug-likeness (QED) is 0.719. The predicted octanol–water partition coefficient (Wildman–Crippen LogP) is 3.03. The molecule has 0 saturated heterocycles. The Bertz CT molecular complexity index is 368. The van der Waals surface area contributed by atoms with Crippen molar-refractivity contribution in [3.05, 3.63) is 35.8 Å². The Balaban J connectivity index is 2.36. The summed E-state index contributed by atoms with van der Waals surface area (Å²) in [5.41, 5.74) is 1.17. The van der Waals surface area contributed by atoms with Crippen LogP contribution in [0, 0.1) is 5.92 Å². The summed E-state index contributed by atoms with van der Waals surface area (Å²) in [5, 5.41) is 3.38. The second kappa shape index (κ2) is 7.39. The van der Waals surface area contributed by atoms with Gasteiger partial charge in [-0.1, -0.05) is 26.0 Å². The van der Waals surface area contributed by atoms with Gasteiger partial charge in [-0.3, -0.25) is 4.90 Å². The molecule has 102 valence electrons. The molecule has 18 heavy (non-hydrogen) atoms. The third kappa shape index (κ3) is 6.03. The highest BCUT2D eigenvalue weighted by Gasteiger charge is 2.05. The zero-order valence-corrected chi connectivity index (χ0v) is 12.1. The lowest BCUT2D eigenvalue weighted by molar-refractivity contribution is 0.309. The fourth-order valence-electron chi connectivity index (χ4n) is 1.87. The van der Waals surface area contributed by atoms with Crippen LogP contribution in [0.15, 0.2) is 28.7 Å². The lowest BCUT2D eigenvalue weighted by Gasteiger charge is -2.14. The number of nitrogens with zero attached hydrogens (tertiary/aromatic N) is 1. The zero-order valence-electron chi connectivity index (χ0n) is 12.1. The van der Waals surface area contributed by atoms with Crippen molar-refractivity contribution in [1.29, 1.82) is 0 Å². The van der Waals surface area contributed by atoms with E-state index in [0.29, 0.717) is 5.92 Å². The molecular weight excluding hydrogens is 224 g/mol. The second-order valence-corrected chi connectivity index (χ2v) is 5.52. The van der Waals surface area contributed by atoms with E-state index in [4.69, 9.17) is 4.42 Å². The van der Waals surface area contributed by atoms with E-state index in [9.17, 15) is 0 Å². The Morgan fingerprint density at radius 3 is 2.67 bits per heavy atom. The molecule has 3 heteroatoms. The summed E-state index contributed by atoms with van der Waals surface area (Å²) in [6, 6.07) is 4.11. The molecule has 1 heterocycles. The molecule has 0 unspecified atom stereocenters. The molecule has 0 aromatic carbocycles. The van der Waals surface area contributed by atoms with Gasteiger partial charge in [0.1, 0.15) is 11.5 Å². The summed E-state index contributed by atoms with van der Waals surface area (Å²) in [6.07, 6.45) is 0. The largest absolute Gasteiger partial charge is 0.463 e. The van der Waals surface area contributed by atoms with Gasteiger partial charge in [0.15, 0.2) is 0 Å². The Morgan fingerprint density at radius 2 is 2.06 bits per heavy atom. The Hall–Kier alpha value is -1.06. The minimum atomic E-state index is 0.668. The fraction of sp³-hybridized carbons (Fsp3) is 0.600. The van der Waals surface area contributed by atoms with Crippen molar-refractivity contribution in [3.63, 3.8) is 0 Å². The van der Waals surface area contributed by atoms with Crippen molar-refractivity contribution < 1.29 is 4.42 Å².